The largest absolute Gasteiger partial charge is 0.326 e. The fraction of sp³-hybridized carbons (Fsp3) is 0.462. The summed E-state index contributed by atoms with van der Waals surface area (Å²) in [6.45, 7) is 2.30. The molecule has 1 atom stereocenters. The standard InChI is InChI=1S/C13H21N3O3S/c1-2-3-4-12(15)13(17)16-20(18,19)11-7-5-10(9-14)6-8-11/h5-8,12H,2-4,9,14-15H2,1H3,(H,16,17). The number of unbranched alkanes of at least 4 members (excludes halogenated alkanes) is 1. The first-order chi connectivity index (χ1) is 9.40. The van der Waals surface area contributed by atoms with Gasteiger partial charge in [-0.2, -0.15) is 0 Å². The van der Waals surface area contributed by atoms with Gasteiger partial charge in [0.2, 0.25) is 0 Å². The molecule has 1 amide bonds. The number of carbonyl (C=O) groups is 1. The van der Waals surface area contributed by atoms with E-state index in [9.17, 15) is 13.2 Å². The van der Waals surface area contributed by atoms with Crippen molar-refractivity contribution in [3.63, 3.8) is 0 Å². The quantitative estimate of drug-likeness (QED) is 0.677. The molecule has 0 aliphatic carbocycles. The Kier molecular flexibility index (Phi) is 6.12. The van der Waals surface area contributed by atoms with Gasteiger partial charge in [0, 0.05) is 6.54 Å². The van der Waals surface area contributed by atoms with Crippen LogP contribution in [0.4, 0.5) is 0 Å². The van der Waals surface area contributed by atoms with Crippen LogP contribution in [0.1, 0.15) is 31.7 Å². The Labute approximate surface area is 119 Å². The lowest BCUT2D eigenvalue weighted by Gasteiger charge is -2.12. The van der Waals surface area contributed by atoms with Gasteiger partial charge in [0.25, 0.3) is 15.9 Å². The Balaban J connectivity index is 2.75. The van der Waals surface area contributed by atoms with Crippen molar-refractivity contribution in [3.8, 4) is 0 Å². The van der Waals surface area contributed by atoms with E-state index in [1.807, 2.05) is 11.6 Å². The van der Waals surface area contributed by atoms with Gasteiger partial charge >= 0.3 is 0 Å². The summed E-state index contributed by atoms with van der Waals surface area (Å²) in [4.78, 5) is 11.7. The van der Waals surface area contributed by atoms with Gasteiger partial charge in [-0.25, -0.2) is 13.1 Å². The summed E-state index contributed by atoms with van der Waals surface area (Å²) in [6, 6.07) is 5.23. The van der Waals surface area contributed by atoms with Crippen LogP contribution < -0.4 is 16.2 Å². The molecule has 1 rings (SSSR count). The fourth-order valence-electron chi connectivity index (χ4n) is 1.63. The number of nitrogens with one attached hydrogen (secondary N) is 1. The highest BCUT2D eigenvalue weighted by Gasteiger charge is 2.21. The minimum atomic E-state index is -3.87. The molecule has 1 aromatic rings. The van der Waals surface area contributed by atoms with Crippen LogP contribution in [-0.2, 0) is 21.4 Å². The first-order valence-corrected chi connectivity index (χ1v) is 8.00. The number of nitrogens with two attached hydrogens (primary N) is 2. The van der Waals surface area contributed by atoms with Crippen LogP contribution >= 0.6 is 0 Å². The average Bonchev–Trinajstić information content (AvgIpc) is 2.44. The minimum Gasteiger partial charge on any atom is -0.326 e. The molecule has 0 radical (unpaired) electrons. The van der Waals surface area contributed by atoms with E-state index in [1.165, 1.54) is 12.1 Å². The molecule has 20 heavy (non-hydrogen) atoms. The first-order valence-electron chi connectivity index (χ1n) is 6.52. The maximum Gasteiger partial charge on any atom is 0.264 e. The molecule has 1 aromatic carbocycles. The maximum absolute atomic E-state index is 12.0. The molecule has 0 bridgehead atoms. The van der Waals surface area contributed by atoms with Crippen molar-refractivity contribution in [1.29, 1.82) is 0 Å². The number of benzene rings is 1. The molecule has 0 heterocycles. The monoisotopic (exact) mass is 299 g/mol. The van der Waals surface area contributed by atoms with E-state index in [1.54, 1.807) is 12.1 Å². The van der Waals surface area contributed by atoms with Crippen molar-refractivity contribution in [2.45, 2.75) is 43.7 Å². The smallest absolute Gasteiger partial charge is 0.264 e. The fourth-order valence-corrected chi connectivity index (χ4v) is 2.66. The van der Waals surface area contributed by atoms with E-state index in [0.29, 0.717) is 13.0 Å². The summed E-state index contributed by atoms with van der Waals surface area (Å²) in [6.07, 6.45) is 2.14. The van der Waals surface area contributed by atoms with Gasteiger partial charge in [0.05, 0.1) is 10.9 Å². The van der Waals surface area contributed by atoms with Gasteiger partial charge in [-0.3, -0.25) is 4.79 Å². The molecule has 0 fully saturated rings. The second kappa shape index (κ2) is 7.37. The summed E-state index contributed by atoms with van der Waals surface area (Å²) < 4.78 is 26.0. The van der Waals surface area contributed by atoms with Crippen LogP contribution in [0.25, 0.3) is 0 Å². The van der Waals surface area contributed by atoms with Crippen LogP contribution in [0.15, 0.2) is 29.2 Å². The summed E-state index contributed by atoms with van der Waals surface area (Å²) in [5.74, 6) is -0.679. The van der Waals surface area contributed by atoms with Gasteiger partial charge in [-0.15, -0.1) is 0 Å². The summed E-state index contributed by atoms with van der Waals surface area (Å²) in [7, 11) is -3.87. The Morgan fingerprint density at radius 1 is 1.30 bits per heavy atom. The zero-order valence-corrected chi connectivity index (χ0v) is 12.3. The van der Waals surface area contributed by atoms with Gasteiger partial charge in [0.1, 0.15) is 0 Å². The molecule has 0 spiro atoms. The molecule has 5 N–H and O–H groups in total. The van der Waals surface area contributed by atoms with E-state index in [4.69, 9.17) is 11.5 Å². The van der Waals surface area contributed by atoms with Gasteiger partial charge < -0.3 is 11.5 Å². The molecular formula is C13H21N3O3S. The van der Waals surface area contributed by atoms with Crippen LogP contribution in [-0.4, -0.2) is 20.4 Å². The molecular weight excluding hydrogens is 278 g/mol. The van der Waals surface area contributed by atoms with E-state index in [0.717, 1.165) is 18.4 Å². The summed E-state index contributed by atoms with van der Waals surface area (Å²) >= 11 is 0. The summed E-state index contributed by atoms with van der Waals surface area (Å²) in [5, 5.41) is 0. The predicted molar refractivity (Wildman–Crippen MR) is 77.2 cm³/mol. The normalized spacial score (nSPS) is 12.9. The zero-order chi connectivity index (χ0) is 15.2. The van der Waals surface area contributed by atoms with Crippen molar-refractivity contribution < 1.29 is 13.2 Å². The molecule has 0 saturated carbocycles. The second-order valence-corrected chi connectivity index (χ2v) is 6.25. The Morgan fingerprint density at radius 2 is 1.90 bits per heavy atom. The molecule has 0 aromatic heterocycles. The highest BCUT2D eigenvalue weighted by Crippen LogP contribution is 2.10. The van der Waals surface area contributed by atoms with Crippen molar-refractivity contribution in [1.82, 2.24) is 4.72 Å². The third-order valence-corrected chi connectivity index (χ3v) is 4.27. The highest BCUT2D eigenvalue weighted by atomic mass is 32.2. The molecule has 0 aliphatic heterocycles. The highest BCUT2D eigenvalue weighted by molar-refractivity contribution is 7.90. The Bertz CT molecular complexity index is 540. The molecule has 7 heteroatoms. The Hall–Kier alpha value is -1.44. The number of carbonyl (C=O) groups excluding carboxylic acids is 1. The van der Waals surface area contributed by atoms with Crippen molar-refractivity contribution in [2.24, 2.45) is 11.5 Å². The van der Waals surface area contributed by atoms with E-state index in [2.05, 4.69) is 0 Å². The first kappa shape index (κ1) is 16.6. The van der Waals surface area contributed by atoms with Gasteiger partial charge in [-0.1, -0.05) is 31.9 Å². The lowest BCUT2D eigenvalue weighted by molar-refractivity contribution is -0.120. The van der Waals surface area contributed by atoms with Gasteiger partial charge in [0.15, 0.2) is 0 Å². The topological polar surface area (TPSA) is 115 Å². The SMILES string of the molecule is CCCCC(N)C(=O)NS(=O)(=O)c1ccc(CN)cc1. The molecule has 0 saturated heterocycles. The van der Waals surface area contributed by atoms with Crippen molar-refractivity contribution >= 4 is 15.9 Å². The molecule has 0 aliphatic rings. The minimum absolute atomic E-state index is 0.0192. The van der Waals surface area contributed by atoms with Crippen LogP contribution in [0.5, 0.6) is 0 Å². The number of rotatable bonds is 7. The third kappa shape index (κ3) is 4.59. The van der Waals surface area contributed by atoms with E-state index >= 15 is 0 Å². The average molecular weight is 299 g/mol. The summed E-state index contributed by atoms with van der Waals surface area (Å²) in [5.41, 5.74) is 11.9. The van der Waals surface area contributed by atoms with Crippen molar-refractivity contribution in [3.05, 3.63) is 29.8 Å². The van der Waals surface area contributed by atoms with Crippen molar-refractivity contribution in [2.75, 3.05) is 0 Å². The lowest BCUT2D eigenvalue weighted by Crippen LogP contribution is -2.43. The number of sulfonamides is 1. The predicted octanol–water partition coefficient (Wildman–Crippen LogP) is 0.468. The molecule has 112 valence electrons. The molecule has 1 unspecified atom stereocenters. The van der Waals surface area contributed by atoms with E-state index in [-0.39, 0.29) is 4.90 Å². The third-order valence-electron chi connectivity index (χ3n) is 2.91. The lowest BCUT2D eigenvalue weighted by atomic mass is 10.1. The van der Waals surface area contributed by atoms with Crippen LogP contribution in [0, 0.1) is 0 Å². The second-order valence-electron chi connectivity index (χ2n) is 4.57. The van der Waals surface area contributed by atoms with E-state index < -0.39 is 22.0 Å². The Morgan fingerprint density at radius 3 is 2.40 bits per heavy atom. The van der Waals surface area contributed by atoms with Crippen LogP contribution in [0.3, 0.4) is 0 Å². The zero-order valence-electron chi connectivity index (χ0n) is 11.5. The number of hydrogen-bond donors (Lipinski definition) is 3. The van der Waals surface area contributed by atoms with Crippen LogP contribution in [0.2, 0.25) is 0 Å². The molecule has 6 nitrogen and oxygen atoms in total. The maximum atomic E-state index is 12.0. The number of hydrogen-bond acceptors (Lipinski definition) is 5. The number of amides is 1. The van der Waals surface area contributed by atoms with Gasteiger partial charge in [-0.05, 0) is 24.1 Å².